The van der Waals surface area contributed by atoms with Gasteiger partial charge in [-0.1, -0.05) is 0 Å². The number of carbonyl (C=O) groups is 1. The Balaban J connectivity index is 1.93. The Morgan fingerprint density at radius 2 is 2.06 bits per heavy atom. The highest BCUT2D eigenvalue weighted by Gasteiger charge is 2.51. The van der Waals surface area contributed by atoms with Crippen molar-refractivity contribution in [2.45, 2.75) is 31.7 Å². The third-order valence-electron chi connectivity index (χ3n) is 3.88. The molecule has 0 spiro atoms. The number of amides is 1. The van der Waals surface area contributed by atoms with E-state index in [0.717, 1.165) is 45.4 Å². The molecule has 0 bridgehead atoms. The van der Waals surface area contributed by atoms with Gasteiger partial charge in [-0.05, 0) is 32.7 Å². The van der Waals surface area contributed by atoms with E-state index in [1.54, 1.807) is 0 Å². The van der Waals surface area contributed by atoms with Crippen LogP contribution in [0.4, 0.5) is 0 Å². The molecule has 2 rings (SSSR count). The van der Waals surface area contributed by atoms with Crippen molar-refractivity contribution in [3.63, 3.8) is 0 Å². The van der Waals surface area contributed by atoms with Gasteiger partial charge < -0.3 is 15.0 Å². The number of rotatable bonds is 4. The molecule has 0 atom stereocenters. The van der Waals surface area contributed by atoms with Gasteiger partial charge in [0.1, 0.15) is 0 Å². The Kier molecular flexibility index (Phi) is 3.50. The summed E-state index contributed by atoms with van der Waals surface area (Å²) in [4.78, 5) is 14.3. The summed E-state index contributed by atoms with van der Waals surface area (Å²) < 4.78 is 5.33. The number of carbonyl (C=O) groups excluding carboxylic acids is 1. The van der Waals surface area contributed by atoms with Gasteiger partial charge in [0.25, 0.3) is 0 Å². The summed E-state index contributed by atoms with van der Waals surface area (Å²) in [6.07, 6.45) is 4.05. The maximum absolute atomic E-state index is 12.4. The van der Waals surface area contributed by atoms with E-state index in [4.69, 9.17) is 4.74 Å². The largest absolute Gasteiger partial charge is 0.381 e. The van der Waals surface area contributed by atoms with Crippen LogP contribution < -0.4 is 5.32 Å². The average molecular weight is 226 g/mol. The highest BCUT2D eigenvalue weighted by atomic mass is 16.5. The van der Waals surface area contributed by atoms with Crippen LogP contribution in [0.3, 0.4) is 0 Å². The minimum atomic E-state index is -0.0815. The van der Waals surface area contributed by atoms with Gasteiger partial charge in [-0.2, -0.15) is 0 Å². The van der Waals surface area contributed by atoms with Crippen molar-refractivity contribution >= 4 is 5.91 Å². The minimum Gasteiger partial charge on any atom is -0.381 e. The molecular formula is C12H22N2O2. The quantitative estimate of drug-likeness (QED) is 0.764. The highest BCUT2D eigenvalue weighted by Crippen LogP contribution is 2.46. The zero-order valence-electron chi connectivity index (χ0n) is 10.3. The first-order chi connectivity index (χ1) is 7.69. The van der Waals surface area contributed by atoms with Crippen LogP contribution in [0.2, 0.25) is 0 Å². The molecule has 0 aromatic rings. The first kappa shape index (κ1) is 11.9. The van der Waals surface area contributed by atoms with Gasteiger partial charge in [0.05, 0.1) is 5.41 Å². The van der Waals surface area contributed by atoms with Crippen LogP contribution in [0.1, 0.15) is 25.7 Å². The average Bonchev–Trinajstić information content (AvgIpc) is 3.10. The molecule has 2 fully saturated rings. The van der Waals surface area contributed by atoms with E-state index in [0.29, 0.717) is 11.9 Å². The lowest BCUT2D eigenvalue weighted by Crippen LogP contribution is -2.46. The molecule has 0 unspecified atom stereocenters. The summed E-state index contributed by atoms with van der Waals surface area (Å²) in [5.74, 6) is 0.328. The van der Waals surface area contributed by atoms with Crippen molar-refractivity contribution in [2.24, 2.45) is 5.41 Å². The number of nitrogens with one attached hydrogen (secondary N) is 1. The first-order valence-electron chi connectivity index (χ1n) is 6.19. The van der Waals surface area contributed by atoms with Gasteiger partial charge in [-0.25, -0.2) is 0 Å². The van der Waals surface area contributed by atoms with E-state index in [1.165, 1.54) is 0 Å². The van der Waals surface area contributed by atoms with Crippen molar-refractivity contribution in [2.75, 3.05) is 33.9 Å². The van der Waals surface area contributed by atoms with E-state index in [1.807, 2.05) is 19.0 Å². The standard InChI is InChI=1S/C12H22N2O2/c1-13-9-12(5-6-12)11(15)14(2)10-3-7-16-8-4-10/h10,13H,3-9H2,1-2H3. The van der Waals surface area contributed by atoms with Gasteiger partial charge in [-0.3, -0.25) is 4.79 Å². The molecule has 16 heavy (non-hydrogen) atoms. The number of ether oxygens (including phenoxy) is 1. The van der Waals surface area contributed by atoms with E-state index in [2.05, 4.69) is 5.32 Å². The monoisotopic (exact) mass is 226 g/mol. The topological polar surface area (TPSA) is 41.6 Å². The van der Waals surface area contributed by atoms with E-state index in [-0.39, 0.29) is 5.41 Å². The highest BCUT2D eigenvalue weighted by molar-refractivity contribution is 5.85. The second-order valence-corrected chi connectivity index (χ2v) is 5.07. The number of hydrogen-bond donors (Lipinski definition) is 1. The second kappa shape index (κ2) is 4.72. The Labute approximate surface area is 97.3 Å². The lowest BCUT2D eigenvalue weighted by molar-refractivity contribution is -0.139. The van der Waals surface area contributed by atoms with Crippen molar-refractivity contribution in [1.29, 1.82) is 0 Å². The zero-order valence-corrected chi connectivity index (χ0v) is 10.3. The maximum atomic E-state index is 12.4. The predicted molar refractivity (Wildman–Crippen MR) is 62.2 cm³/mol. The molecule has 1 heterocycles. The molecule has 1 saturated carbocycles. The van der Waals surface area contributed by atoms with Crippen LogP contribution in [0.25, 0.3) is 0 Å². The number of nitrogens with zero attached hydrogens (tertiary/aromatic N) is 1. The molecule has 4 heteroatoms. The molecule has 1 N–H and O–H groups in total. The third kappa shape index (κ3) is 2.23. The molecule has 0 aromatic carbocycles. The van der Waals surface area contributed by atoms with E-state index in [9.17, 15) is 4.79 Å². The summed E-state index contributed by atoms with van der Waals surface area (Å²) in [5, 5.41) is 3.14. The van der Waals surface area contributed by atoms with Crippen molar-refractivity contribution in [1.82, 2.24) is 10.2 Å². The van der Waals surface area contributed by atoms with Crippen molar-refractivity contribution in [3.8, 4) is 0 Å². The number of hydrogen-bond acceptors (Lipinski definition) is 3. The van der Waals surface area contributed by atoms with Crippen LogP contribution in [0.15, 0.2) is 0 Å². The Hall–Kier alpha value is -0.610. The molecule has 0 radical (unpaired) electrons. The zero-order chi connectivity index (χ0) is 11.6. The Bertz CT molecular complexity index is 258. The van der Waals surface area contributed by atoms with Crippen LogP contribution in [-0.2, 0) is 9.53 Å². The fourth-order valence-corrected chi connectivity index (χ4v) is 2.57. The lowest BCUT2D eigenvalue weighted by Gasteiger charge is -2.33. The van der Waals surface area contributed by atoms with Crippen LogP contribution in [-0.4, -0.2) is 50.7 Å². The summed E-state index contributed by atoms with van der Waals surface area (Å²) >= 11 is 0. The van der Waals surface area contributed by atoms with E-state index >= 15 is 0 Å². The van der Waals surface area contributed by atoms with Gasteiger partial charge in [-0.15, -0.1) is 0 Å². The van der Waals surface area contributed by atoms with Gasteiger partial charge >= 0.3 is 0 Å². The molecule has 92 valence electrons. The second-order valence-electron chi connectivity index (χ2n) is 5.07. The summed E-state index contributed by atoms with van der Waals surface area (Å²) in [6.45, 7) is 2.40. The van der Waals surface area contributed by atoms with Gasteiger partial charge in [0.2, 0.25) is 5.91 Å². The Morgan fingerprint density at radius 1 is 1.44 bits per heavy atom. The van der Waals surface area contributed by atoms with Crippen LogP contribution in [0.5, 0.6) is 0 Å². The van der Waals surface area contributed by atoms with Crippen LogP contribution >= 0.6 is 0 Å². The smallest absolute Gasteiger partial charge is 0.230 e. The fourth-order valence-electron chi connectivity index (χ4n) is 2.57. The summed E-state index contributed by atoms with van der Waals surface area (Å²) in [7, 11) is 3.87. The summed E-state index contributed by atoms with van der Waals surface area (Å²) in [5.41, 5.74) is -0.0815. The predicted octanol–water partition coefficient (Wildman–Crippen LogP) is 0.623. The molecule has 1 amide bonds. The van der Waals surface area contributed by atoms with E-state index < -0.39 is 0 Å². The van der Waals surface area contributed by atoms with Crippen molar-refractivity contribution in [3.05, 3.63) is 0 Å². The van der Waals surface area contributed by atoms with Gasteiger partial charge in [0.15, 0.2) is 0 Å². The molecule has 1 aliphatic carbocycles. The molecule has 1 saturated heterocycles. The molecule has 1 aliphatic heterocycles. The lowest BCUT2D eigenvalue weighted by atomic mass is 10.0. The minimum absolute atomic E-state index is 0.0815. The van der Waals surface area contributed by atoms with Crippen LogP contribution in [0, 0.1) is 5.41 Å². The van der Waals surface area contributed by atoms with Gasteiger partial charge in [0, 0.05) is 32.8 Å². The molecule has 0 aromatic heterocycles. The maximum Gasteiger partial charge on any atom is 0.230 e. The normalized spacial score (nSPS) is 24.1. The molecule has 2 aliphatic rings. The van der Waals surface area contributed by atoms with Crippen molar-refractivity contribution < 1.29 is 9.53 Å². The SMILES string of the molecule is CNCC1(C(=O)N(C)C2CCOCC2)CC1. The Morgan fingerprint density at radius 3 is 2.56 bits per heavy atom. The fraction of sp³-hybridized carbons (Fsp3) is 0.917. The third-order valence-corrected chi connectivity index (χ3v) is 3.88. The summed E-state index contributed by atoms with van der Waals surface area (Å²) in [6, 6.07) is 0.385. The first-order valence-corrected chi connectivity index (χ1v) is 6.19. The molecule has 4 nitrogen and oxygen atoms in total. The molecular weight excluding hydrogens is 204 g/mol.